The largest absolute Gasteiger partial charge is 0.375 e. The van der Waals surface area contributed by atoms with Gasteiger partial charge in [0.25, 0.3) is 5.91 Å². The average Bonchev–Trinajstić information content (AvgIpc) is 2.97. The number of amides is 1. The maximum absolute atomic E-state index is 14.4. The highest BCUT2D eigenvalue weighted by atomic mass is 35.5. The van der Waals surface area contributed by atoms with E-state index in [1.54, 1.807) is 42.5 Å². The zero-order chi connectivity index (χ0) is 24.0. The van der Waals surface area contributed by atoms with Crippen molar-refractivity contribution < 1.29 is 19.1 Å². The summed E-state index contributed by atoms with van der Waals surface area (Å²) in [5.41, 5.74) is 0.284. The molecule has 0 saturated carbocycles. The number of carbonyl (C=O) groups excluding carboxylic acids is 2. The Bertz CT molecular complexity index is 1210. The Balaban J connectivity index is 1.66. The number of halogens is 2. The predicted molar refractivity (Wildman–Crippen MR) is 127 cm³/mol. The van der Waals surface area contributed by atoms with Crippen molar-refractivity contribution in [3.05, 3.63) is 99.8 Å². The van der Waals surface area contributed by atoms with E-state index in [4.69, 9.17) is 11.6 Å². The van der Waals surface area contributed by atoms with Crippen LogP contribution in [0.15, 0.2) is 66.7 Å². The summed E-state index contributed by atoms with van der Waals surface area (Å²) in [4.78, 5) is 27.8. The average molecular weight is 466 g/mol. The quantitative estimate of drug-likeness (QED) is 0.485. The van der Waals surface area contributed by atoms with Crippen LogP contribution in [0.5, 0.6) is 0 Å². The Hall–Kier alpha value is -3.02. The van der Waals surface area contributed by atoms with Crippen LogP contribution in [-0.4, -0.2) is 16.8 Å². The van der Waals surface area contributed by atoms with Gasteiger partial charge in [0.15, 0.2) is 11.4 Å². The molecule has 0 aromatic heterocycles. The van der Waals surface area contributed by atoms with Gasteiger partial charge in [-0.05, 0) is 29.2 Å². The number of aliphatic hydroxyl groups is 1. The first kappa shape index (κ1) is 23.1. The van der Waals surface area contributed by atoms with Crippen LogP contribution in [-0.2, 0) is 22.4 Å². The van der Waals surface area contributed by atoms with Crippen molar-refractivity contribution in [1.29, 1.82) is 0 Å². The summed E-state index contributed by atoms with van der Waals surface area (Å²) in [6.45, 7) is 6.09. The third-order valence-electron chi connectivity index (χ3n) is 6.11. The first-order valence-electron chi connectivity index (χ1n) is 10.7. The van der Waals surface area contributed by atoms with Gasteiger partial charge in [0, 0.05) is 21.7 Å². The van der Waals surface area contributed by atoms with Crippen LogP contribution in [0.25, 0.3) is 0 Å². The third-order valence-corrected chi connectivity index (χ3v) is 6.46. The molecule has 3 aromatic carbocycles. The minimum absolute atomic E-state index is 0.0609. The molecule has 1 heterocycles. The number of para-hydroxylation sites is 1. The standard InChI is InChI=1S/C27H25ClFNO3/c1-26(2,3)18-13-11-17(12-14-18)24(31)15-27(33)20-7-4-5-10-23(20)30(25(27)32)16-19-21(28)8-6-9-22(19)29/h4-14,33H,15-16H2,1-3H3/t27-/m0/s1. The molecule has 33 heavy (non-hydrogen) atoms. The van der Waals surface area contributed by atoms with E-state index in [9.17, 15) is 19.1 Å². The first-order chi connectivity index (χ1) is 15.5. The van der Waals surface area contributed by atoms with Gasteiger partial charge in [-0.3, -0.25) is 9.59 Å². The summed E-state index contributed by atoms with van der Waals surface area (Å²) in [5.74, 6) is -1.58. The SMILES string of the molecule is CC(C)(C)c1ccc(C(=O)C[C@@]2(O)C(=O)N(Cc3c(F)cccc3Cl)c3ccccc32)cc1. The molecule has 1 amide bonds. The lowest BCUT2D eigenvalue weighted by Gasteiger charge is -2.23. The number of fused-ring (bicyclic) bond motifs is 1. The Labute approximate surface area is 197 Å². The van der Waals surface area contributed by atoms with E-state index < -0.39 is 23.7 Å². The van der Waals surface area contributed by atoms with Crippen molar-refractivity contribution in [2.75, 3.05) is 4.90 Å². The Kier molecular flexibility index (Phi) is 5.89. The summed E-state index contributed by atoms with van der Waals surface area (Å²) < 4.78 is 14.4. The molecule has 4 nitrogen and oxygen atoms in total. The molecule has 1 atom stereocenters. The molecular formula is C27H25ClFNO3. The summed E-state index contributed by atoms with van der Waals surface area (Å²) in [6.07, 6.45) is -0.417. The lowest BCUT2D eigenvalue weighted by molar-refractivity contribution is -0.136. The zero-order valence-electron chi connectivity index (χ0n) is 18.7. The number of hydrogen-bond donors (Lipinski definition) is 1. The van der Waals surface area contributed by atoms with Gasteiger partial charge in [-0.25, -0.2) is 4.39 Å². The lowest BCUT2D eigenvalue weighted by Crippen LogP contribution is -2.41. The maximum atomic E-state index is 14.4. The highest BCUT2D eigenvalue weighted by Crippen LogP contribution is 2.44. The van der Waals surface area contributed by atoms with E-state index in [1.165, 1.54) is 17.0 Å². The number of Topliss-reactive ketones (excluding diaryl/α,β-unsaturated/α-hetero) is 1. The zero-order valence-corrected chi connectivity index (χ0v) is 19.5. The van der Waals surface area contributed by atoms with E-state index in [-0.39, 0.29) is 28.3 Å². The molecule has 4 rings (SSSR count). The number of hydrogen-bond acceptors (Lipinski definition) is 3. The minimum atomic E-state index is -2.05. The highest BCUT2D eigenvalue weighted by molar-refractivity contribution is 6.31. The molecule has 0 fully saturated rings. The summed E-state index contributed by atoms with van der Waals surface area (Å²) >= 11 is 6.17. The second-order valence-electron chi connectivity index (χ2n) is 9.40. The van der Waals surface area contributed by atoms with Crippen LogP contribution in [0, 0.1) is 5.82 Å². The van der Waals surface area contributed by atoms with Crippen molar-refractivity contribution in [2.45, 2.75) is 44.8 Å². The fourth-order valence-corrected chi connectivity index (χ4v) is 4.39. The molecule has 1 aliphatic heterocycles. The smallest absolute Gasteiger partial charge is 0.264 e. The fraction of sp³-hybridized carbons (Fsp3) is 0.259. The van der Waals surface area contributed by atoms with Gasteiger partial charge >= 0.3 is 0 Å². The van der Waals surface area contributed by atoms with Crippen LogP contribution < -0.4 is 4.90 Å². The van der Waals surface area contributed by atoms with Crippen LogP contribution >= 0.6 is 11.6 Å². The number of nitrogens with zero attached hydrogens (tertiary/aromatic N) is 1. The molecule has 6 heteroatoms. The molecule has 1 aliphatic rings. The Morgan fingerprint density at radius 1 is 1.03 bits per heavy atom. The number of anilines is 1. The van der Waals surface area contributed by atoms with Gasteiger partial charge in [-0.1, -0.05) is 80.9 Å². The topological polar surface area (TPSA) is 57.6 Å². The molecule has 0 unspecified atom stereocenters. The molecule has 170 valence electrons. The Morgan fingerprint density at radius 3 is 2.33 bits per heavy atom. The minimum Gasteiger partial charge on any atom is -0.375 e. The van der Waals surface area contributed by atoms with E-state index >= 15 is 0 Å². The maximum Gasteiger partial charge on any atom is 0.264 e. The predicted octanol–water partition coefficient (Wildman–Crippen LogP) is 5.78. The molecule has 0 bridgehead atoms. The number of ketones is 1. The summed E-state index contributed by atoms with van der Waals surface area (Å²) in [5, 5.41) is 11.7. The molecule has 0 aliphatic carbocycles. The molecule has 0 radical (unpaired) electrons. The van der Waals surface area contributed by atoms with Gasteiger partial charge in [-0.15, -0.1) is 0 Å². The second kappa shape index (κ2) is 8.40. The second-order valence-corrected chi connectivity index (χ2v) is 9.80. The van der Waals surface area contributed by atoms with E-state index in [0.29, 0.717) is 16.8 Å². The van der Waals surface area contributed by atoms with Gasteiger partial charge in [0.1, 0.15) is 5.82 Å². The van der Waals surface area contributed by atoms with E-state index in [1.807, 2.05) is 12.1 Å². The fourth-order valence-electron chi connectivity index (χ4n) is 4.17. The van der Waals surface area contributed by atoms with Gasteiger partial charge in [0.2, 0.25) is 0 Å². The molecular weight excluding hydrogens is 441 g/mol. The van der Waals surface area contributed by atoms with Gasteiger partial charge in [0.05, 0.1) is 18.7 Å². The lowest BCUT2D eigenvalue weighted by atomic mass is 9.85. The van der Waals surface area contributed by atoms with Crippen molar-refractivity contribution in [3.8, 4) is 0 Å². The highest BCUT2D eigenvalue weighted by Gasteiger charge is 2.51. The van der Waals surface area contributed by atoms with Crippen molar-refractivity contribution in [1.82, 2.24) is 0 Å². The normalized spacial score (nSPS) is 17.9. The monoisotopic (exact) mass is 465 g/mol. The number of carbonyl (C=O) groups is 2. The molecule has 0 saturated heterocycles. The third kappa shape index (κ3) is 4.19. The molecule has 0 spiro atoms. The van der Waals surface area contributed by atoms with Crippen molar-refractivity contribution >= 4 is 29.0 Å². The first-order valence-corrected chi connectivity index (χ1v) is 11.1. The van der Waals surface area contributed by atoms with Crippen LogP contribution in [0.3, 0.4) is 0 Å². The Morgan fingerprint density at radius 2 is 1.70 bits per heavy atom. The van der Waals surface area contributed by atoms with Crippen LogP contribution in [0.2, 0.25) is 5.02 Å². The number of benzene rings is 3. The van der Waals surface area contributed by atoms with E-state index in [2.05, 4.69) is 20.8 Å². The number of rotatable bonds is 5. The van der Waals surface area contributed by atoms with Crippen molar-refractivity contribution in [2.24, 2.45) is 0 Å². The molecule has 3 aromatic rings. The van der Waals surface area contributed by atoms with Crippen LogP contribution in [0.4, 0.5) is 10.1 Å². The van der Waals surface area contributed by atoms with Gasteiger partial charge < -0.3 is 10.0 Å². The van der Waals surface area contributed by atoms with E-state index in [0.717, 1.165) is 5.56 Å². The van der Waals surface area contributed by atoms with Crippen molar-refractivity contribution in [3.63, 3.8) is 0 Å². The summed E-state index contributed by atoms with van der Waals surface area (Å²) in [7, 11) is 0. The van der Waals surface area contributed by atoms with Crippen LogP contribution in [0.1, 0.15) is 54.2 Å². The summed E-state index contributed by atoms with van der Waals surface area (Å²) in [6, 6.07) is 18.2. The van der Waals surface area contributed by atoms with Gasteiger partial charge in [-0.2, -0.15) is 0 Å². The molecule has 1 N–H and O–H groups in total.